The zero-order valence-corrected chi connectivity index (χ0v) is 13.5. The summed E-state index contributed by atoms with van der Waals surface area (Å²) in [5.74, 6) is -0.326. The first-order chi connectivity index (χ1) is 11.7. The van der Waals surface area contributed by atoms with Crippen LogP contribution in [-0.2, 0) is 9.59 Å². The number of imide groups is 1. The maximum Gasteiger partial charge on any atom is 0.238 e. The average molecular weight is 325 g/mol. The Morgan fingerprint density at radius 3 is 1.83 bits per heavy atom. The first-order valence-corrected chi connectivity index (χ1v) is 9.02. The minimum absolute atomic E-state index is 0.0630. The predicted octanol–water partition coefficient (Wildman–Crippen LogP) is 3.84. The minimum Gasteiger partial charge on any atom is -0.274 e. The van der Waals surface area contributed by atoms with E-state index in [2.05, 4.69) is 0 Å². The van der Waals surface area contributed by atoms with Gasteiger partial charge in [0.2, 0.25) is 11.8 Å². The van der Waals surface area contributed by atoms with Gasteiger partial charge in [0, 0.05) is 0 Å². The Bertz CT molecular complexity index is 724. The van der Waals surface area contributed by atoms with Gasteiger partial charge in [-0.2, -0.15) is 0 Å². The fourth-order valence-electron chi connectivity index (χ4n) is 5.74. The van der Waals surface area contributed by atoms with Crippen LogP contribution in [-0.4, -0.2) is 11.8 Å². The van der Waals surface area contributed by atoms with Crippen LogP contribution in [0.25, 0.3) is 0 Å². The Morgan fingerprint density at radius 2 is 1.33 bits per heavy atom. The molecular weight excluding hydrogens is 305 g/mol. The van der Waals surface area contributed by atoms with Gasteiger partial charge < -0.3 is 0 Å². The summed E-state index contributed by atoms with van der Waals surface area (Å²) < 4.78 is 13.2. The van der Waals surface area contributed by atoms with Crippen molar-refractivity contribution in [2.45, 2.75) is 38.5 Å². The quantitative estimate of drug-likeness (QED) is 0.581. The Balaban J connectivity index is 1.60. The molecule has 1 aromatic carbocycles. The number of nitrogens with zero attached hydrogens (tertiary/aromatic N) is 1. The zero-order chi connectivity index (χ0) is 16.4. The van der Waals surface area contributed by atoms with E-state index in [-0.39, 0.29) is 41.3 Å². The van der Waals surface area contributed by atoms with Crippen molar-refractivity contribution in [1.82, 2.24) is 0 Å². The topological polar surface area (TPSA) is 37.4 Å². The number of hydrogen-bond donors (Lipinski definition) is 0. The highest BCUT2D eigenvalue weighted by Crippen LogP contribution is 2.57. The molecule has 124 valence electrons. The molecule has 1 saturated heterocycles. The number of fused-ring (bicyclic) bond motifs is 5. The van der Waals surface area contributed by atoms with Gasteiger partial charge in [-0.05, 0) is 74.6 Å². The fourth-order valence-corrected chi connectivity index (χ4v) is 5.74. The molecule has 0 spiro atoms. The number of carbonyl (C=O) groups is 2. The van der Waals surface area contributed by atoms with Crippen molar-refractivity contribution < 1.29 is 14.0 Å². The molecule has 3 aliphatic carbocycles. The Labute approximate surface area is 140 Å². The predicted molar refractivity (Wildman–Crippen MR) is 87.6 cm³/mol. The third-order valence-electron chi connectivity index (χ3n) is 6.58. The molecule has 2 saturated carbocycles. The molecule has 2 amide bonds. The molecule has 0 aromatic heterocycles. The van der Waals surface area contributed by atoms with Crippen LogP contribution >= 0.6 is 0 Å². The lowest BCUT2D eigenvalue weighted by Crippen LogP contribution is -2.35. The highest BCUT2D eigenvalue weighted by atomic mass is 19.1. The van der Waals surface area contributed by atoms with Crippen molar-refractivity contribution in [3.8, 4) is 0 Å². The lowest BCUT2D eigenvalue weighted by molar-refractivity contribution is -0.122. The number of allylic oxidation sites excluding steroid dienone is 2. The first-order valence-electron chi connectivity index (χ1n) is 9.02. The number of carbonyl (C=O) groups excluding carboxylic acids is 2. The van der Waals surface area contributed by atoms with Crippen molar-refractivity contribution in [3.05, 3.63) is 41.2 Å². The summed E-state index contributed by atoms with van der Waals surface area (Å²) in [5.41, 5.74) is 3.52. The molecule has 0 bridgehead atoms. The van der Waals surface area contributed by atoms with E-state index in [4.69, 9.17) is 0 Å². The second kappa shape index (κ2) is 5.01. The van der Waals surface area contributed by atoms with Crippen molar-refractivity contribution >= 4 is 17.5 Å². The molecule has 1 aromatic rings. The van der Waals surface area contributed by atoms with Crippen LogP contribution in [0.4, 0.5) is 10.1 Å². The summed E-state index contributed by atoms with van der Waals surface area (Å²) in [6.45, 7) is 0. The summed E-state index contributed by atoms with van der Waals surface area (Å²) in [4.78, 5) is 27.7. The van der Waals surface area contributed by atoms with E-state index in [1.54, 1.807) is 12.1 Å². The fraction of sp³-hybridized carbons (Fsp3) is 0.500. The smallest absolute Gasteiger partial charge is 0.238 e. The second-order valence-electron chi connectivity index (χ2n) is 7.59. The van der Waals surface area contributed by atoms with E-state index in [0.717, 1.165) is 38.5 Å². The van der Waals surface area contributed by atoms with Crippen LogP contribution < -0.4 is 4.90 Å². The molecule has 4 atom stereocenters. The summed E-state index contributed by atoms with van der Waals surface area (Å²) in [6, 6.07) is 5.72. The van der Waals surface area contributed by atoms with E-state index >= 15 is 0 Å². The van der Waals surface area contributed by atoms with Gasteiger partial charge >= 0.3 is 0 Å². The Hall–Kier alpha value is -1.97. The van der Waals surface area contributed by atoms with Crippen LogP contribution in [0.2, 0.25) is 0 Å². The summed E-state index contributed by atoms with van der Waals surface area (Å²) >= 11 is 0. The molecular formula is C20H20FNO2. The number of benzene rings is 1. The van der Waals surface area contributed by atoms with E-state index in [9.17, 15) is 14.0 Å². The standard InChI is InChI=1S/C20H20FNO2/c21-11-7-9-12(10-8-11)22-19(23)17-15-5-1-3-13(15)14-4-2-6-16(14)18(17)20(22)24/h7-10,15-18H,1-6H2/t15-,16-,17-,18-/m0/s1. The molecule has 5 rings (SSSR count). The van der Waals surface area contributed by atoms with Crippen molar-refractivity contribution in [3.63, 3.8) is 0 Å². The molecule has 0 radical (unpaired) electrons. The van der Waals surface area contributed by atoms with Crippen LogP contribution in [0.3, 0.4) is 0 Å². The van der Waals surface area contributed by atoms with Gasteiger partial charge in [-0.15, -0.1) is 0 Å². The summed E-state index contributed by atoms with van der Waals surface area (Å²) in [7, 11) is 0. The molecule has 4 heteroatoms. The van der Waals surface area contributed by atoms with Gasteiger partial charge in [0.1, 0.15) is 5.82 Å². The third-order valence-corrected chi connectivity index (χ3v) is 6.58. The van der Waals surface area contributed by atoms with Crippen LogP contribution in [0.1, 0.15) is 38.5 Å². The van der Waals surface area contributed by atoms with Crippen molar-refractivity contribution in [2.24, 2.45) is 23.7 Å². The molecule has 24 heavy (non-hydrogen) atoms. The molecule has 0 unspecified atom stereocenters. The maximum atomic E-state index is 13.2. The lowest BCUT2D eigenvalue weighted by Gasteiger charge is -2.34. The highest BCUT2D eigenvalue weighted by molar-refractivity contribution is 6.22. The summed E-state index contributed by atoms with van der Waals surface area (Å²) in [5, 5.41) is 0. The van der Waals surface area contributed by atoms with Crippen molar-refractivity contribution in [1.29, 1.82) is 0 Å². The minimum atomic E-state index is -0.354. The first kappa shape index (κ1) is 14.4. The van der Waals surface area contributed by atoms with Crippen LogP contribution in [0.15, 0.2) is 35.4 Å². The highest BCUT2D eigenvalue weighted by Gasteiger charge is 2.59. The van der Waals surface area contributed by atoms with Gasteiger partial charge in [-0.25, -0.2) is 4.39 Å². The number of amides is 2. The number of halogens is 1. The van der Waals surface area contributed by atoms with E-state index in [1.165, 1.54) is 28.2 Å². The summed E-state index contributed by atoms with van der Waals surface area (Å²) in [6.07, 6.45) is 6.55. The van der Waals surface area contributed by atoms with Gasteiger partial charge in [-0.3, -0.25) is 14.5 Å². The number of rotatable bonds is 1. The van der Waals surface area contributed by atoms with Crippen LogP contribution in [0, 0.1) is 29.5 Å². The molecule has 1 aliphatic heterocycles. The van der Waals surface area contributed by atoms with Crippen LogP contribution in [0.5, 0.6) is 0 Å². The molecule has 1 heterocycles. The van der Waals surface area contributed by atoms with Gasteiger partial charge in [0.15, 0.2) is 0 Å². The molecule has 3 nitrogen and oxygen atoms in total. The Kier molecular flexibility index (Phi) is 3.00. The van der Waals surface area contributed by atoms with E-state index < -0.39 is 0 Å². The third kappa shape index (κ3) is 1.77. The zero-order valence-electron chi connectivity index (χ0n) is 13.5. The second-order valence-corrected chi connectivity index (χ2v) is 7.59. The molecule has 0 N–H and O–H groups in total. The normalized spacial score (nSPS) is 34.6. The largest absolute Gasteiger partial charge is 0.274 e. The van der Waals surface area contributed by atoms with Gasteiger partial charge in [-0.1, -0.05) is 11.1 Å². The Morgan fingerprint density at radius 1 is 0.833 bits per heavy atom. The number of anilines is 1. The molecule has 4 aliphatic rings. The SMILES string of the molecule is O=C1[C@@H]2[C@@H](C(=O)N1c1ccc(F)cc1)[C@H]1CCCC1=C1CCC[C@@H]12. The van der Waals surface area contributed by atoms with E-state index in [1.807, 2.05) is 0 Å². The maximum absolute atomic E-state index is 13.2. The van der Waals surface area contributed by atoms with Gasteiger partial charge in [0.25, 0.3) is 0 Å². The van der Waals surface area contributed by atoms with Gasteiger partial charge in [0.05, 0.1) is 17.5 Å². The molecule has 3 fully saturated rings. The van der Waals surface area contributed by atoms with E-state index in [0.29, 0.717) is 5.69 Å². The monoisotopic (exact) mass is 325 g/mol. The number of hydrogen-bond acceptors (Lipinski definition) is 2. The van der Waals surface area contributed by atoms with Crippen molar-refractivity contribution in [2.75, 3.05) is 4.90 Å². The average Bonchev–Trinajstić information content (AvgIpc) is 3.27. The lowest BCUT2D eigenvalue weighted by atomic mass is 9.66.